The highest BCUT2D eigenvalue weighted by atomic mass is 16.5. The van der Waals surface area contributed by atoms with Crippen molar-refractivity contribution in [3.05, 3.63) is 0 Å². The summed E-state index contributed by atoms with van der Waals surface area (Å²) in [5, 5.41) is 3.25. The fourth-order valence-electron chi connectivity index (χ4n) is 2.45. The summed E-state index contributed by atoms with van der Waals surface area (Å²) < 4.78 is 5.32. The van der Waals surface area contributed by atoms with Crippen LogP contribution in [-0.2, 0) is 9.53 Å². The van der Waals surface area contributed by atoms with Gasteiger partial charge in [-0.1, -0.05) is 0 Å². The molecule has 0 aromatic carbocycles. The quantitative estimate of drug-likeness (QED) is 0.719. The van der Waals surface area contributed by atoms with Crippen molar-refractivity contribution in [3.63, 3.8) is 0 Å². The maximum absolute atomic E-state index is 12.1. The van der Waals surface area contributed by atoms with Gasteiger partial charge in [0.1, 0.15) is 0 Å². The fraction of sp³-hybridized carbons (Fsp3) is 0.909. The molecular formula is C11H20N2O2. The van der Waals surface area contributed by atoms with Crippen LogP contribution in [-0.4, -0.2) is 49.7 Å². The number of nitrogens with one attached hydrogen (secondary N) is 1. The molecule has 2 fully saturated rings. The van der Waals surface area contributed by atoms with E-state index < -0.39 is 0 Å². The molecule has 2 saturated heterocycles. The highest BCUT2D eigenvalue weighted by molar-refractivity contribution is 5.82. The van der Waals surface area contributed by atoms with Gasteiger partial charge in [-0.25, -0.2) is 0 Å². The Morgan fingerprint density at radius 1 is 1.40 bits per heavy atom. The number of piperidine rings is 1. The highest BCUT2D eigenvalue weighted by Crippen LogP contribution is 2.16. The van der Waals surface area contributed by atoms with Crippen LogP contribution in [0.1, 0.15) is 25.7 Å². The Balaban J connectivity index is 1.88. The predicted molar refractivity (Wildman–Crippen MR) is 57.6 cm³/mol. The molecule has 0 spiro atoms. The SMILES string of the molecule is COC1CCCN(C(=O)C2CCCN2)C1. The van der Waals surface area contributed by atoms with Crippen molar-refractivity contribution in [3.8, 4) is 0 Å². The van der Waals surface area contributed by atoms with E-state index in [1.165, 1.54) is 0 Å². The third-order valence-electron chi connectivity index (χ3n) is 3.38. The number of hydrogen-bond donors (Lipinski definition) is 1. The molecule has 2 heterocycles. The van der Waals surface area contributed by atoms with Crippen LogP contribution in [0.2, 0.25) is 0 Å². The minimum atomic E-state index is 0.0700. The monoisotopic (exact) mass is 212 g/mol. The number of methoxy groups -OCH3 is 1. The smallest absolute Gasteiger partial charge is 0.239 e. The molecule has 2 atom stereocenters. The number of rotatable bonds is 2. The van der Waals surface area contributed by atoms with Crippen LogP contribution in [0.3, 0.4) is 0 Å². The van der Waals surface area contributed by atoms with Crippen LogP contribution in [0, 0.1) is 0 Å². The summed E-state index contributed by atoms with van der Waals surface area (Å²) in [6.07, 6.45) is 4.50. The topological polar surface area (TPSA) is 41.6 Å². The summed E-state index contributed by atoms with van der Waals surface area (Å²) in [4.78, 5) is 14.0. The van der Waals surface area contributed by atoms with Gasteiger partial charge in [0.25, 0.3) is 0 Å². The maximum atomic E-state index is 12.1. The van der Waals surface area contributed by atoms with Crippen LogP contribution in [0.5, 0.6) is 0 Å². The summed E-state index contributed by atoms with van der Waals surface area (Å²) in [5.41, 5.74) is 0. The van der Waals surface area contributed by atoms with Gasteiger partial charge in [-0.05, 0) is 32.2 Å². The first-order valence-corrected chi connectivity index (χ1v) is 5.86. The molecule has 0 bridgehead atoms. The van der Waals surface area contributed by atoms with Crippen molar-refractivity contribution in [2.75, 3.05) is 26.7 Å². The minimum Gasteiger partial charge on any atom is -0.380 e. The first-order valence-electron chi connectivity index (χ1n) is 5.86. The normalized spacial score (nSPS) is 31.9. The van der Waals surface area contributed by atoms with Crippen molar-refractivity contribution in [1.82, 2.24) is 10.2 Å². The van der Waals surface area contributed by atoms with E-state index >= 15 is 0 Å². The van der Waals surface area contributed by atoms with E-state index in [0.29, 0.717) is 0 Å². The zero-order valence-electron chi connectivity index (χ0n) is 9.37. The highest BCUT2D eigenvalue weighted by Gasteiger charge is 2.30. The second kappa shape index (κ2) is 4.94. The molecule has 0 radical (unpaired) electrons. The Bertz CT molecular complexity index is 227. The molecular weight excluding hydrogens is 192 g/mol. The van der Waals surface area contributed by atoms with Gasteiger partial charge in [-0.3, -0.25) is 4.79 Å². The zero-order chi connectivity index (χ0) is 10.7. The standard InChI is InChI=1S/C11H20N2O2/c1-15-9-4-3-7-13(8-9)11(14)10-5-2-6-12-10/h9-10,12H,2-8H2,1H3. The average molecular weight is 212 g/mol. The van der Waals surface area contributed by atoms with E-state index in [9.17, 15) is 4.79 Å². The first kappa shape index (κ1) is 10.9. The molecule has 2 unspecified atom stereocenters. The van der Waals surface area contributed by atoms with Crippen molar-refractivity contribution < 1.29 is 9.53 Å². The Morgan fingerprint density at radius 2 is 2.27 bits per heavy atom. The van der Waals surface area contributed by atoms with Gasteiger partial charge in [0.05, 0.1) is 12.1 Å². The average Bonchev–Trinajstić information content (AvgIpc) is 2.81. The van der Waals surface area contributed by atoms with E-state index in [2.05, 4.69) is 5.32 Å². The number of carbonyl (C=O) groups excluding carboxylic acids is 1. The number of ether oxygens (including phenoxy) is 1. The maximum Gasteiger partial charge on any atom is 0.239 e. The van der Waals surface area contributed by atoms with Gasteiger partial charge >= 0.3 is 0 Å². The lowest BCUT2D eigenvalue weighted by atomic mass is 10.1. The van der Waals surface area contributed by atoms with Crippen LogP contribution >= 0.6 is 0 Å². The van der Waals surface area contributed by atoms with Crippen LogP contribution in [0.4, 0.5) is 0 Å². The van der Waals surface area contributed by atoms with Gasteiger partial charge in [-0.2, -0.15) is 0 Å². The third-order valence-corrected chi connectivity index (χ3v) is 3.38. The van der Waals surface area contributed by atoms with E-state index in [1.54, 1.807) is 7.11 Å². The van der Waals surface area contributed by atoms with Crippen LogP contribution < -0.4 is 5.32 Å². The minimum absolute atomic E-state index is 0.0700. The molecule has 2 aliphatic rings. The molecule has 1 N–H and O–H groups in total. The summed E-state index contributed by atoms with van der Waals surface area (Å²) in [5.74, 6) is 0.272. The summed E-state index contributed by atoms with van der Waals surface area (Å²) in [6.45, 7) is 2.66. The number of hydrogen-bond acceptors (Lipinski definition) is 3. The number of nitrogens with zero attached hydrogens (tertiary/aromatic N) is 1. The number of carbonyl (C=O) groups is 1. The van der Waals surface area contributed by atoms with Crippen LogP contribution in [0.15, 0.2) is 0 Å². The van der Waals surface area contributed by atoms with E-state index in [4.69, 9.17) is 4.74 Å². The summed E-state index contributed by atoms with van der Waals surface area (Å²) in [7, 11) is 1.73. The Kier molecular flexibility index (Phi) is 3.59. The first-order chi connectivity index (χ1) is 7.31. The van der Waals surface area contributed by atoms with Crippen molar-refractivity contribution in [2.24, 2.45) is 0 Å². The van der Waals surface area contributed by atoms with Crippen molar-refractivity contribution in [1.29, 1.82) is 0 Å². The molecule has 0 aliphatic carbocycles. The second-order valence-corrected chi connectivity index (χ2v) is 4.43. The van der Waals surface area contributed by atoms with Gasteiger partial charge in [0.2, 0.25) is 5.91 Å². The lowest BCUT2D eigenvalue weighted by Gasteiger charge is -2.33. The van der Waals surface area contributed by atoms with Crippen LogP contribution in [0.25, 0.3) is 0 Å². The number of amides is 1. The molecule has 15 heavy (non-hydrogen) atoms. The van der Waals surface area contributed by atoms with Gasteiger partial charge in [0, 0.05) is 20.2 Å². The molecule has 4 heteroatoms. The fourth-order valence-corrected chi connectivity index (χ4v) is 2.45. The Morgan fingerprint density at radius 3 is 2.93 bits per heavy atom. The zero-order valence-corrected chi connectivity index (χ0v) is 9.37. The molecule has 1 amide bonds. The lowest BCUT2D eigenvalue weighted by Crippen LogP contribution is -2.49. The van der Waals surface area contributed by atoms with Crippen molar-refractivity contribution in [2.45, 2.75) is 37.8 Å². The summed E-state index contributed by atoms with van der Waals surface area (Å²) in [6, 6.07) is 0.0700. The molecule has 0 aromatic rings. The number of likely N-dealkylation sites (tertiary alicyclic amines) is 1. The van der Waals surface area contributed by atoms with Gasteiger partial charge in [0.15, 0.2) is 0 Å². The Labute approximate surface area is 91.0 Å². The Hall–Kier alpha value is -0.610. The summed E-state index contributed by atoms with van der Waals surface area (Å²) >= 11 is 0. The predicted octanol–water partition coefficient (Wildman–Crippen LogP) is 0.376. The molecule has 86 valence electrons. The molecule has 2 aliphatic heterocycles. The lowest BCUT2D eigenvalue weighted by molar-refractivity contribution is -0.136. The van der Waals surface area contributed by atoms with E-state index in [0.717, 1.165) is 45.3 Å². The third kappa shape index (κ3) is 2.49. The second-order valence-electron chi connectivity index (χ2n) is 4.43. The largest absolute Gasteiger partial charge is 0.380 e. The molecule has 0 aromatic heterocycles. The van der Waals surface area contributed by atoms with Gasteiger partial charge in [-0.15, -0.1) is 0 Å². The van der Waals surface area contributed by atoms with E-state index in [1.807, 2.05) is 4.90 Å². The molecule has 4 nitrogen and oxygen atoms in total. The van der Waals surface area contributed by atoms with E-state index in [-0.39, 0.29) is 18.1 Å². The molecule has 2 rings (SSSR count). The molecule has 0 saturated carbocycles. The van der Waals surface area contributed by atoms with Crippen molar-refractivity contribution >= 4 is 5.91 Å². The van der Waals surface area contributed by atoms with Gasteiger partial charge < -0.3 is 15.0 Å².